The first-order valence-electron chi connectivity index (χ1n) is 6.05. The Morgan fingerprint density at radius 3 is 2.47 bits per heavy atom. The lowest BCUT2D eigenvalue weighted by Gasteiger charge is -2.28. The first-order valence-corrected chi connectivity index (χ1v) is 8.29. The maximum Gasteiger partial charge on any atom is 0.240 e. The Morgan fingerprint density at radius 2 is 1.84 bits per heavy atom. The van der Waals surface area contributed by atoms with Gasteiger partial charge in [0.1, 0.15) is 0 Å². The number of halogens is 2. The Hall–Kier alpha value is -0.330. The largest absolute Gasteiger partial charge is 0.391 e. The van der Waals surface area contributed by atoms with E-state index in [0.717, 1.165) is 12.8 Å². The predicted molar refractivity (Wildman–Crippen MR) is 75.0 cm³/mol. The van der Waals surface area contributed by atoms with Crippen molar-refractivity contribution in [3.8, 4) is 0 Å². The average molecular weight is 324 g/mol. The molecule has 1 fully saturated rings. The molecule has 0 amide bonds. The van der Waals surface area contributed by atoms with Crippen LogP contribution in [0.1, 0.15) is 25.7 Å². The molecule has 2 rings (SSSR count). The molecule has 0 aromatic heterocycles. The summed E-state index contributed by atoms with van der Waals surface area (Å²) in [4.78, 5) is 0.0553. The quantitative estimate of drug-likeness (QED) is 0.898. The van der Waals surface area contributed by atoms with E-state index in [9.17, 15) is 13.5 Å². The van der Waals surface area contributed by atoms with E-state index in [2.05, 4.69) is 4.72 Å². The molecule has 0 saturated heterocycles. The number of aliphatic hydroxyl groups is 1. The van der Waals surface area contributed by atoms with E-state index in [4.69, 9.17) is 23.2 Å². The fraction of sp³-hybridized carbons (Fsp3) is 0.500. The molecule has 2 atom stereocenters. The van der Waals surface area contributed by atoms with Crippen LogP contribution in [0.5, 0.6) is 0 Å². The zero-order valence-electron chi connectivity index (χ0n) is 10.1. The van der Waals surface area contributed by atoms with Crippen LogP contribution in [0, 0.1) is 0 Å². The summed E-state index contributed by atoms with van der Waals surface area (Å²) in [7, 11) is -3.69. The Morgan fingerprint density at radius 1 is 1.16 bits per heavy atom. The average Bonchev–Trinajstić information content (AvgIpc) is 2.35. The molecule has 0 spiro atoms. The van der Waals surface area contributed by atoms with E-state index in [-0.39, 0.29) is 9.92 Å². The molecule has 1 aromatic carbocycles. The lowest BCUT2D eigenvalue weighted by atomic mass is 9.93. The topological polar surface area (TPSA) is 66.4 Å². The minimum absolute atomic E-state index is 0.0553. The number of aliphatic hydroxyl groups excluding tert-OH is 1. The molecular formula is C12H15Cl2NO3S. The molecule has 1 aliphatic rings. The maximum atomic E-state index is 12.2. The van der Waals surface area contributed by atoms with Crippen molar-refractivity contribution in [1.29, 1.82) is 0 Å². The smallest absolute Gasteiger partial charge is 0.240 e. The van der Waals surface area contributed by atoms with Gasteiger partial charge in [0, 0.05) is 6.04 Å². The highest BCUT2D eigenvalue weighted by Crippen LogP contribution is 2.26. The molecule has 7 heteroatoms. The van der Waals surface area contributed by atoms with E-state index < -0.39 is 22.2 Å². The molecular weight excluding hydrogens is 309 g/mol. The summed E-state index contributed by atoms with van der Waals surface area (Å²) in [6, 6.07) is 3.70. The van der Waals surface area contributed by atoms with Crippen LogP contribution in [0.2, 0.25) is 10.0 Å². The van der Waals surface area contributed by atoms with Crippen molar-refractivity contribution in [3.05, 3.63) is 28.2 Å². The first-order chi connectivity index (χ1) is 8.90. The number of hydrogen-bond donors (Lipinski definition) is 2. The Kier molecular flexibility index (Phi) is 4.74. The van der Waals surface area contributed by atoms with Crippen LogP contribution < -0.4 is 4.72 Å². The minimum Gasteiger partial charge on any atom is -0.391 e. The standard InChI is InChI=1S/C12H15Cl2NO3S/c13-9-6-5-8(7-10(9)14)19(17,18)15-11-3-1-2-4-12(11)16/h5-7,11-12,15-16H,1-4H2/t11-,12-/m1/s1. The lowest BCUT2D eigenvalue weighted by molar-refractivity contribution is 0.101. The van der Waals surface area contributed by atoms with Crippen LogP contribution in [0.15, 0.2) is 23.1 Å². The highest BCUT2D eigenvalue weighted by Gasteiger charge is 2.28. The molecule has 106 valence electrons. The summed E-state index contributed by atoms with van der Waals surface area (Å²) in [5.74, 6) is 0. The van der Waals surface area contributed by atoms with Gasteiger partial charge in [-0.2, -0.15) is 0 Å². The molecule has 0 aliphatic heterocycles. The third kappa shape index (κ3) is 3.61. The highest BCUT2D eigenvalue weighted by atomic mass is 35.5. The van der Waals surface area contributed by atoms with Crippen LogP contribution >= 0.6 is 23.2 Å². The minimum atomic E-state index is -3.69. The summed E-state index contributed by atoms with van der Waals surface area (Å²) in [6.07, 6.45) is 2.46. The molecule has 1 aliphatic carbocycles. The second-order valence-corrected chi connectivity index (χ2v) is 7.18. The normalized spacial score (nSPS) is 24.4. The van der Waals surface area contributed by atoms with Gasteiger partial charge in [-0.1, -0.05) is 36.0 Å². The number of nitrogens with one attached hydrogen (secondary N) is 1. The van der Waals surface area contributed by atoms with E-state index >= 15 is 0 Å². The van der Waals surface area contributed by atoms with Gasteiger partial charge in [0.25, 0.3) is 0 Å². The summed E-state index contributed by atoms with van der Waals surface area (Å²) in [6.45, 7) is 0. The van der Waals surface area contributed by atoms with Crippen LogP contribution in [0.25, 0.3) is 0 Å². The Labute approximate surface area is 122 Å². The Bertz CT molecular complexity index is 562. The van der Waals surface area contributed by atoms with Crippen molar-refractivity contribution in [2.75, 3.05) is 0 Å². The molecule has 1 saturated carbocycles. The third-order valence-corrected chi connectivity index (χ3v) is 5.46. The lowest BCUT2D eigenvalue weighted by Crippen LogP contribution is -2.44. The summed E-state index contributed by atoms with van der Waals surface area (Å²) < 4.78 is 26.9. The summed E-state index contributed by atoms with van der Waals surface area (Å²) >= 11 is 11.6. The predicted octanol–water partition coefficient (Wildman–Crippen LogP) is 2.58. The van der Waals surface area contributed by atoms with Gasteiger partial charge < -0.3 is 5.11 Å². The van der Waals surface area contributed by atoms with Crippen molar-refractivity contribution >= 4 is 33.2 Å². The SMILES string of the molecule is O=S(=O)(N[C@@H]1CCCC[C@H]1O)c1ccc(Cl)c(Cl)c1. The molecule has 1 aromatic rings. The fourth-order valence-electron chi connectivity index (χ4n) is 2.16. The number of sulfonamides is 1. The van der Waals surface area contributed by atoms with E-state index in [1.165, 1.54) is 18.2 Å². The van der Waals surface area contributed by atoms with Crippen molar-refractivity contribution < 1.29 is 13.5 Å². The number of rotatable bonds is 3. The van der Waals surface area contributed by atoms with Gasteiger partial charge in [-0.15, -0.1) is 0 Å². The first kappa shape index (κ1) is 15.1. The zero-order valence-corrected chi connectivity index (χ0v) is 12.5. The van der Waals surface area contributed by atoms with Gasteiger partial charge in [0.2, 0.25) is 10.0 Å². The summed E-state index contributed by atoms with van der Waals surface area (Å²) in [5.41, 5.74) is 0. The van der Waals surface area contributed by atoms with Gasteiger partial charge in [0.05, 0.1) is 21.0 Å². The molecule has 0 heterocycles. The van der Waals surface area contributed by atoms with Crippen LogP contribution in [-0.4, -0.2) is 25.7 Å². The second kappa shape index (κ2) is 5.97. The maximum absolute atomic E-state index is 12.2. The number of hydrogen-bond acceptors (Lipinski definition) is 3. The van der Waals surface area contributed by atoms with Crippen molar-refractivity contribution in [2.24, 2.45) is 0 Å². The van der Waals surface area contributed by atoms with Crippen LogP contribution in [0.4, 0.5) is 0 Å². The molecule has 4 nitrogen and oxygen atoms in total. The fourth-order valence-corrected chi connectivity index (χ4v) is 3.85. The van der Waals surface area contributed by atoms with E-state index in [1.54, 1.807) is 0 Å². The van der Waals surface area contributed by atoms with Crippen molar-refractivity contribution in [2.45, 2.75) is 42.7 Å². The van der Waals surface area contributed by atoms with Crippen LogP contribution in [0.3, 0.4) is 0 Å². The van der Waals surface area contributed by atoms with Crippen molar-refractivity contribution in [1.82, 2.24) is 4.72 Å². The third-order valence-electron chi connectivity index (χ3n) is 3.24. The molecule has 19 heavy (non-hydrogen) atoms. The van der Waals surface area contributed by atoms with Gasteiger partial charge in [-0.3, -0.25) is 0 Å². The van der Waals surface area contributed by atoms with Gasteiger partial charge in [0.15, 0.2) is 0 Å². The van der Waals surface area contributed by atoms with Crippen LogP contribution in [-0.2, 0) is 10.0 Å². The number of benzene rings is 1. The van der Waals surface area contributed by atoms with E-state index in [1.807, 2.05) is 0 Å². The second-order valence-electron chi connectivity index (χ2n) is 4.66. The van der Waals surface area contributed by atoms with Crippen molar-refractivity contribution in [3.63, 3.8) is 0 Å². The Balaban J connectivity index is 2.19. The molecule has 0 bridgehead atoms. The van der Waals surface area contributed by atoms with Gasteiger partial charge in [-0.25, -0.2) is 13.1 Å². The zero-order chi connectivity index (χ0) is 14.0. The molecule has 0 radical (unpaired) electrons. The highest BCUT2D eigenvalue weighted by molar-refractivity contribution is 7.89. The monoisotopic (exact) mass is 323 g/mol. The van der Waals surface area contributed by atoms with E-state index in [0.29, 0.717) is 17.9 Å². The molecule has 2 N–H and O–H groups in total. The van der Waals surface area contributed by atoms with Gasteiger partial charge in [-0.05, 0) is 31.0 Å². The van der Waals surface area contributed by atoms with Gasteiger partial charge >= 0.3 is 0 Å². The summed E-state index contributed by atoms with van der Waals surface area (Å²) in [5, 5.41) is 10.3. The molecule has 0 unspecified atom stereocenters.